The van der Waals surface area contributed by atoms with Crippen molar-refractivity contribution < 1.29 is 22.8 Å². The summed E-state index contributed by atoms with van der Waals surface area (Å²) in [5.74, 6) is -0.803. The van der Waals surface area contributed by atoms with Crippen molar-refractivity contribution in [3.63, 3.8) is 0 Å². The van der Waals surface area contributed by atoms with E-state index in [9.17, 15) is 22.8 Å². The second-order valence-electron chi connectivity index (χ2n) is 7.00. The van der Waals surface area contributed by atoms with E-state index in [0.29, 0.717) is 12.5 Å². The van der Waals surface area contributed by atoms with Gasteiger partial charge in [-0.25, -0.2) is 0 Å². The smallest absolute Gasteiger partial charge is 0.355 e. The maximum absolute atomic E-state index is 12.4. The topological polar surface area (TPSA) is 49.4 Å². The quantitative estimate of drug-likeness (QED) is 0.844. The molecule has 22 heavy (non-hydrogen) atoms. The van der Waals surface area contributed by atoms with Gasteiger partial charge in [-0.15, -0.1) is 0 Å². The Labute approximate surface area is 127 Å². The van der Waals surface area contributed by atoms with E-state index in [0.717, 1.165) is 17.7 Å². The fourth-order valence-corrected chi connectivity index (χ4v) is 3.78. The molecule has 0 spiro atoms. The molecule has 0 aromatic heterocycles. The zero-order chi connectivity index (χ0) is 16.0. The van der Waals surface area contributed by atoms with Crippen molar-refractivity contribution in [1.29, 1.82) is 0 Å². The second kappa shape index (κ2) is 5.42. The summed E-state index contributed by atoms with van der Waals surface area (Å²) in [7, 11) is 0. The van der Waals surface area contributed by atoms with Crippen LogP contribution in [-0.4, -0.2) is 42.5 Å². The molecule has 1 aliphatic heterocycles. The molecule has 7 heteroatoms. The van der Waals surface area contributed by atoms with Crippen LogP contribution in [-0.2, 0) is 9.59 Å². The Morgan fingerprint density at radius 1 is 1.32 bits per heavy atom. The number of hydrogen-bond donors (Lipinski definition) is 1. The molecule has 0 unspecified atom stereocenters. The molecular weight excluding hydrogens is 297 g/mol. The molecule has 3 rings (SSSR count). The Balaban J connectivity index is 1.49. The van der Waals surface area contributed by atoms with Crippen molar-refractivity contribution in [2.24, 2.45) is 17.3 Å². The van der Waals surface area contributed by atoms with E-state index in [1.165, 1.54) is 19.3 Å². The summed E-state index contributed by atoms with van der Waals surface area (Å²) in [6.45, 7) is -0.775. The molecule has 2 saturated carbocycles. The van der Waals surface area contributed by atoms with Crippen molar-refractivity contribution in [2.75, 3.05) is 19.6 Å². The molecule has 1 heterocycles. The summed E-state index contributed by atoms with van der Waals surface area (Å²) in [5.41, 5.74) is 0.226. The predicted octanol–water partition coefficient (Wildman–Crippen LogP) is 2.09. The van der Waals surface area contributed by atoms with Crippen LogP contribution in [0.2, 0.25) is 0 Å². The molecule has 0 bridgehead atoms. The van der Waals surface area contributed by atoms with E-state index in [1.54, 1.807) is 0 Å². The Morgan fingerprint density at radius 3 is 2.50 bits per heavy atom. The van der Waals surface area contributed by atoms with Gasteiger partial charge in [0.05, 0.1) is 5.92 Å². The van der Waals surface area contributed by atoms with Crippen LogP contribution in [0.15, 0.2) is 0 Å². The molecule has 2 amide bonds. The summed E-state index contributed by atoms with van der Waals surface area (Å²) in [4.78, 5) is 24.5. The van der Waals surface area contributed by atoms with Gasteiger partial charge < -0.3 is 10.2 Å². The lowest BCUT2D eigenvalue weighted by Gasteiger charge is -2.42. The third-order valence-corrected chi connectivity index (χ3v) is 5.36. The van der Waals surface area contributed by atoms with Crippen LogP contribution in [0.1, 0.15) is 38.5 Å². The van der Waals surface area contributed by atoms with E-state index in [1.807, 2.05) is 0 Å². The van der Waals surface area contributed by atoms with Crippen LogP contribution < -0.4 is 5.32 Å². The minimum atomic E-state index is -4.41. The molecule has 1 N–H and O–H groups in total. The number of nitrogens with zero attached hydrogens (tertiary/aromatic N) is 1. The van der Waals surface area contributed by atoms with Gasteiger partial charge >= 0.3 is 6.18 Å². The van der Waals surface area contributed by atoms with E-state index in [-0.39, 0.29) is 24.3 Å². The second-order valence-corrected chi connectivity index (χ2v) is 7.00. The number of carbonyl (C=O) groups is 2. The van der Waals surface area contributed by atoms with Crippen LogP contribution in [0.3, 0.4) is 0 Å². The van der Waals surface area contributed by atoms with Crippen LogP contribution in [0, 0.1) is 17.3 Å². The van der Waals surface area contributed by atoms with Crippen LogP contribution in [0.25, 0.3) is 0 Å². The minimum absolute atomic E-state index is 0.113. The summed E-state index contributed by atoms with van der Waals surface area (Å²) >= 11 is 0. The molecule has 124 valence electrons. The maximum Gasteiger partial charge on any atom is 0.406 e. The van der Waals surface area contributed by atoms with Crippen molar-refractivity contribution >= 4 is 11.8 Å². The number of amides is 2. The molecule has 0 aromatic rings. The largest absolute Gasteiger partial charge is 0.406 e. The summed E-state index contributed by atoms with van der Waals surface area (Å²) < 4.78 is 37.1. The zero-order valence-corrected chi connectivity index (χ0v) is 12.4. The molecular formula is C15H21F3N2O2. The molecule has 1 atom stereocenters. The van der Waals surface area contributed by atoms with Crippen molar-refractivity contribution in [1.82, 2.24) is 10.2 Å². The third kappa shape index (κ3) is 3.22. The van der Waals surface area contributed by atoms with Gasteiger partial charge in [-0.3, -0.25) is 9.59 Å². The number of carbonyl (C=O) groups excluding carboxylic acids is 2. The first-order valence-corrected chi connectivity index (χ1v) is 7.91. The first-order chi connectivity index (χ1) is 10.3. The molecule has 1 saturated heterocycles. The van der Waals surface area contributed by atoms with Gasteiger partial charge in [0.1, 0.15) is 6.54 Å². The normalized spacial score (nSPS) is 27.7. The third-order valence-electron chi connectivity index (χ3n) is 5.36. The Morgan fingerprint density at radius 2 is 2.00 bits per heavy atom. The number of likely N-dealkylation sites (tertiary alicyclic amines) is 1. The lowest BCUT2D eigenvalue weighted by Crippen LogP contribution is -2.45. The van der Waals surface area contributed by atoms with Crippen molar-refractivity contribution in [2.45, 2.75) is 44.7 Å². The Bertz CT molecular complexity index is 470. The van der Waals surface area contributed by atoms with Gasteiger partial charge in [-0.2, -0.15) is 13.2 Å². The number of nitrogens with one attached hydrogen (secondary N) is 1. The van der Waals surface area contributed by atoms with Gasteiger partial charge in [0.2, 0.25) is 11.8 Å². The van der Waals surface area contributed by atoms with E-state index in [4.69, 9.17) is 0 Å². The lowest BCUT2D eigenvalue weighted by molar-refractivity contribution is -0.157. The monoisotopic (exact) mass is 318 g/mol. The first-order valence-electron chi connectivity index (χ1n) is 7.91. The average Bonchev–Trinajstić information content (AvgIpc) is 3.13. The molecule has 0 radical (unpaired) electrons. The summed E-state index contributed by atoms with van der Waals surface area (Å²) in [6.07, 6.45) is 1.35. The van der Waals surface area contributed by atoms with Crippen LogP contribution in [0.4, 0.5) is 13.2 Å². The molecule has 3 aliphatic rings. The zero-order valence-electron chi connectivity index (χ0n) is 12.4. The lowest BCUT2D eigenvalue weighted by atomic mass is 9.65. The van der Waals surface area contributed by atoms with Crippen LogP contribution in [0.5, 0.6) is 0 Å². The van der Waals surface area contributed by atoms with E-state index >= 15 is 0 Å². The van der Waals surface area contributed by atoms with Gasteiger partial charge in [0.25, 0.3) is 0 Å². The highest BCUT2D eigenvalue weighted by atomic mass is 19.4. The Hall–Kier alpha value is -1.27. The maximum atomic E-state index is 12.4. The first kappa shape index (κ1) is 15.6. The molecule has 2 aliphatic carbocycles. The van der Waals surface area contributed by atoms with Gasteiger partial charge in [-0.1, -0.05) is 6.42 Å². The number of hydrogen-bond acceptors (Lipinski definition) is 2. The fraction of sp³-hybridized carbons (Fsp3) is 0.867. The fourth-order valence-electron chi connectivity index (χ4n) is 3.78. The van der Waals surface area contributed by atoms with Crippen molar-refractivity contribution in [3.8, 4) is 0 Å². The number of rotatable bonds is 5. The molecule has 0 aromatic carbocycles. The van der Waals surface area contributed by atoms with Gasteiger partial charge in [0, 0.05) is 19.5 Å². The van der Waals surface area contributed by atoms with Crippen molar-refractivity contribution in [3.05, 3.63) is 0 Å². The number of halogens is 3. The summed E-state index contributed by atoms with van der Waals surface area (Å²) in [6, 6.07) is 0. The standard InChI is InChI=1S/C15H21F3N2O2/c16-15(17,18)9-20-7-10(6-12(20)21)13(22)19-8-14(4-1-5-14)11-2-3-11/h10-11H,1-9H2,(H,19,22)/t10-/m0/s1. The van der Waals surface area contributed by atoms with Gasteiger partial charge in [0.15, 0.2) is 0 Å². The number of alkyl halides is 3. The highest BCUT2D eigenvalue weighted by Gasteiger charge is 2.49. The minimum Gasteiger partial charge on any atom is -0.355 e. The average molecular weight is 318 g/mol. The highest BCUT2D eigenvalue weighted by molar-refractivity contribution is 5.89. The summed E-state index contributed by atoms with van der Waals surface area (Å²) in [5, 5.41) is 2.89. The molecule has 4 nitrogen and oxygen atoms in total. The van der Waals surface area contributed by atoms with E-state index in [2.05, 4.69) is 5.32 Å². The van der Waals surface area contributed by atoms with E-state index < -0.39 is 24.5 Å². The highest BCUT2D eigenvalue weighted by Crippen LogP contribution is 2.56. The molecule has 3 fully saturated rings. The Kier molecular flexibility index (Phi) is 3.85. The SMILES string of the molecule is O=C(NCC1(C2CC2)CCC1)[C@H]1CC(=O)N(CC(F)(F)F)C1. The predicted molar refractivity (Wildman–Crippen MR) is 72.8 cm³/mol. The van der Waals surface area contributed by atoms with Crippen LogP contribution >= 0.6 is 0 Å². The van der Waals surface area contributed by atoms with Gasteiger partial charge in [-0.05, 0) is 37.0 Å².